The molecule has 0 aliphatic rings. The number of nitrogens with zero attached hydrogens (tertiary/aromatic N) is 1. The van der Waals surface area contributed by atoms with Gasteiger partial charge in [-0.2, -0.15) is 5.10 Å². The van der Waals surface area contributed by atoms with Gasteiger partial charge in [0.2, 0.25) is 0 Å². The van der Waals surface area contributed by atoms with Crippen LogP contribution in [0.2, 0.25) is 0 Å². The Labute approximate surface area is 153 Å². The van der Waals surface area contributed by atoms with Crippen LogP contribution in [0.15, 0.2) is 90.0 Å². The topological polar surface area (TPSA) is 50.7 Å². The van der Waals surface area contributed by atoms with Crippen LogP contribution in [0.4, 0.5) is 0 Å². The Morgan fingerprint density at radius 2 is 1.46 bits per heavy atom. The van der Waals surface area contributed by atoms with Gasteiger partial charge in [0, 0.05) is 12.6 Å². The summed E-state index contributed by atoms with van der Waals surface area (Å²) >= 11 is 0. The van der Waals surface area contributed by atoms with Crippen molar-refractivity contribution in [3.8, 4) is 5.75 Å². The van der Waals surface area contributed by atoms with Gasteiger partial charge in [-0.3, -0.25) is 4.79 Å². The maximum Gasteiger partial charge on any atom is 0.275 e. The molecule has 0 fully saturated rings. The van der Waals surface area contributed by atoms with E-state index >= 15 is 0 Å². The molecular formula is C22H20N2O2. The maximum atomic E-state index is 12.4. The van der Waals surface area contributed by atoms with Gasteiger partial charge in [0.1, 0.15) is 12.4 Å². The van der Waals surface area contributed by atoms with E-state index in [-0.39, 0.29) is 5.91 Å². The maximum absolute atomic E-state index is 12.4. The van der Waals surface area contributed by atoms with Crippen molar-refractivity contribution >= 4 is 12.1 Å². The van der Waals surface area contributed by atoms with Crippen LogP contribution in [0.3, 0.4) is 0 Å². The summed E-state index contributed by atoms with van der Waals surface area (Å²) in [6.45, 7) is 0.405. The lowest BCUT2D eigenvalue weighted by Gasteiger charge is -2.10. The second-order valence-corrected chi connectivity index (χ2v) is 5.71. The molecule has 0 radical (unpaired) electrons. The molecule has 0 atom stereocenters. The van der Waals surface area contributed by atoms with Crippen molar-refractivity contribution in [2.45, 2.75) is 13.0 Å². The molecular weight excluding hydrogens is 324 g/mol. The van der Waals surface area contributed by atoms with E-state index in [2.05, 4.69) is 10.5 Å². The summed E-state index contributed by atoms with van der Waals surface area (Å²) in [5, 5.41) is 4.02. The van der Waals surface area contributed by atoms with Gasteiger partial charge in [-0.25, -0.2) is 5.43 Å². The number of rotatable bonds is 7. The van der Waals surface area contributed by atoms with Gasteiger partial charge < -0.3 is 4.74 Å². The van der Waals surface area contributed by atoms with Crippen molar-refractivity contribution in [2.24, 2.45) is 5.10 Å². The molecule has 4 heteroatoms. The number of nitrogens with one attached hydrogen (secondary N) is 1. The molecule has 26 heavy (non-hydrogen) atoms. The second kappa shape index (κ2) is 9.18. The van der Waals surface area contributed by atoms with Crippen LogP contribution in [0.25, 0.3) is 0 Å². The number of amides is 1. The number of carbonyl (C=O) groups excluding carboxylic acids is 1. The molecule has 0 unspecified atom stereocenters. The van der Waals surface area contributed by atoms with Crippen LogP contribution >= 0.6 is 0 Å². The number of para-hydroxylation sites is 1. The number of benzene rings is 3. The quantitative estimate of drug-likeness (QED) is 0.515. The van der Waals surface area contributed by atoms with Gasteiger partial charge in [0.25, 0.3) is 5.91 Å². The van der Waals surface area contributed by atoms with E-state index in [4.69, 9.17) is 4.74 Å². The van der Waals surface area contributed by atoms with Crippen LogP contribution in [0.5, 0.6) is 5.75 Å². The number of ether oxygens (including phenoxy) is 1. The predicted octanol–water partition coefficient (Wildman–Crippen LogP) is 4.22. The average Bonchev–Trinajstić information content (AvgIpc) is 2.71. The first-order valence-corrected chi connectivity index (χ1v) is 8.44. The van der Waals surface area contributed by atoms with E-state index in [1.165, 1.54) is 0 Å². The molecule has 3 aromatic carbocycles. The molecule has 0 aromatic heterocycles. The van der Waals surface area contributed by atoms with E-state index < -0.39 is 0 Å². The minimum atomic E-state index is -0.294. The lowest BCUT2D eigenvalue weighted by Crippen LogP contribution is -2.18. The summed E-state index contributed by atoms with van der Waals surface area (Å²) in [5.41, 5.74) is 5.20. The lowest BCUT2D eigenvalue weighted by atomic mass is 10.2. The molecule has 0 aliphatic carbocycles. The number of hydrazone groups is 1. The lowest BCUT2D eigenvalue weighted by molar-refractivity contribution is 0.0950. The van der Waals surface area contributed by atoms with Crippen molar-refractivity contribution in [1.29, 1.82) is 0 Å². The van der Waals surface area contributed by atoms with E-state index in [0.717, 1.165) is 11.1 Å². The Balaban J connectivity index is 1.58. The third-order valence-electron chi connectivity index (χ3n) is 3.80. The molecule has 1 N–H and O–H groups in total. The summed E-state index contributed by atoms with van der Waals surface area (Å²) in [7, 11) is 0. The van der Waals surface area contributed by atoms with Crippen molar-refractivity contribution in [2.75, 3.05) is 0 Å². The molecule has 0 saturated carbocycles. The standard InChI is InChI=1S/C22H20N2O2/c25-22(24-23-16-15-18-9-3-1-4-10-18)20-13-7-8-14-21(20)26-17-19-11-5-2-6-12-19/h1-14,16H,15,17H2,(H,24,25)/b23-16+. The van der Waals surface area contributed by atoms with Crippen LogP contribution in [-0.2, 0) is 13.0 Å². The number of carbonyl (C=O) groups is 1. The minimum absolute atomic E-state index is 0.294. The first-order chi connectivity index (χ1) is 12.8. The zero-order valence-electron chi connectivity index (χ0n) is 14.3. The molecule has 130 valence electrons. The summed E-state index contributed by atoms with van der Waals surface area (Å²) in [6, 6.07) is 26.9. The summed E-state index contributed by atoms with van der Waals surface area (Å²) < 4.78 is 5.81. The van der Waals surface area contributed by atoms with Gasteiger partial charge in [0.05, 0.1) is 5.56 Å². The highest BCUT2D eigenvalue weighted by atomic mass is 16.5. The largest absolute Gasteiger partial charge is 0.488 e. The summed E-state index contributed by atoms with van der Waals surface area (Å²) in [4.78, 5) is 12.4. The van der Waals surface area contributed by atoms with E-state index in [1.54, 1.807) is 24.4 Å². The average molecular weight is 344 g/mol. The Morgan fingerprint density at radius 3 is 2.19 bits per heavy atom. The molecule has 0 aliphatic heterocycles. The van der Waals surface area contributed by atoms with Crippen molar-refractivity contribution in [1.82, 2.24) is 5.43 Å². The van der Waals surface area contributed by atoms with Gasteiger partial charge in [-0.1, -0.05) is 72.8 Å². The first kappa shape index (κ1) is 17.4. The highest BCUT2D eigenvalue weighted by Crippen LogP contribution is 2.19. The fourth-order valence-electron chi connectivity index (χ4n) is 2.45. The molecule has 3 aromatic rings. The van der Waals surface area contributed by atoms with Crippen LogP contribution in [-0.4, -0.2) is 12.1 Å². The van der Waals surface area contributed by atoms with E-state index in [9.17, 15) is 4.79 Å². The van der Waals surface area contributed by atoms with Crippen molar-refractivity contribution in [3.63, 3.8) is 0 Å². The third kappa shape index (κ3) is 5.05. The first-order valence-electron chi connectivity index (χ1n) is 8.44. The van der Waals surface area contributed by atoms with Crippen LogP contribution in [0, 0.1) is 0 Å². The van der Waals surface area contributed by atoms with Gasteiger partial charge in [0.15, 0.2) is 0 Å². The third-order valence-corrected chi connectivity index (χ3v) is 3.80. The fraction of sp³-hybridized carbons (Fsp3) is 0.0909. The van der Waals surface area contributed by atoms with E-state index in [0.29, 0.717) is 24.3 Å². The molecule has 3 rings (SSSR count). The van der Waals surface area contributed by atoms with Crippen LogP contribution in [0.1, 0.15) is 21.5 Å². The monoisotopic (exact) mass is 344 g/mol. The smallest absolute Gasteiger partial charge is 0.275 e. The van der Waals surface area contributed by atoms with Crippen molar-refractivity contribution < 1.29 is 9.53 Å². The molecule has 0 spiro atoms. The van der Waals surface area contributed by atoms with Gasteiger partial charge in [-0.05, 0) is 23.3 Å². The second-order valence-electron chi connectivity index (χ2n) is 5.71. The highest BCUT2D eigenvalue weighted by Gasteiger charge is 2.11. The number of hydrogen-bond acceptors (Lipinski definition) is 3. The Morgan fingerprint density at radius 1 is 0.846 bits per heavy atom. The highest BCUT2D eigenvalue weighted by molar-refractivity contribution is 5.97. The normalized spacial score (nSPS) is 10.6. The molecule has 0 bridgehead atoms. The van der Waals surface area contributed by atoms with E-state index in [1.807, 2.05) is 66.7 Å². The predicted molar refractivity (Wildman–Crippen MR) is 103 cm³/mol. The molecule has 1 amide bonds. The Kier molecular flexibility index (Phi) is 6.15. The summed E-state index contributed by atoms with van der Waals surface area (Å²) in [6.07, 6.45) is 2.34. The van der Waals surface area contributed by atoms with Gasteiger partial charge >= 0.3 is 0 Å². The molecule has 0 saturated heterocycles. The van der Waals surface area contributed by atoms with Crippen LogP contribution < -0.4 is 10.2 Å². The Hall–Kier alpha value is -3.40. The number of hydrogen-bond donors (Lipinski definition) is 1. The molecule has 4 nitrogen and oxygen atoms in total. The molecule has 0 heterocycles. The van der Waals surface area contributed by atoms with Gasteiger partial charge in [-0.15, -0.1) is 0 Å². The zero-order valence-corrected chi connectivity index (χ0v) is 14.3. The fourth-order valence-corrected chi connectivity index (χ4v) is 2.45. The van der Waals surface area contributed by atoms with Crippen molar-refractivity contribution in [3.05, 3.63) is 102 Å². The summed E-state index contributed by atoms with van der Waals surface area (Å²) in [5.74, 6) is 0.241. The SMILES string of the molecule is O=C(N/N=C/Cc1ccccc1)c1ccccc1OCc1ccccc1. The Bertz CT molecular complexity index is 862. The zero-order chi connectivity index (χ0) is 18.0. The minimum Gasteiger partial charge on any atom is -0.488 e.